The molecule has 0 radical (unpaired) electrons. The fourth-order valence-electron chi connectivity index (χ4n) is 0.987. The van der Waals surface area contributed by atoms with Gasteiger partial charge in [0.2, 0.25) is 0 Å². The second-order valence-corrected chi connectivity index (χ2v) is 3.47. The van der Waals surface area contributed by atoms with Gasteiger partial charge in [0, 0.05) is 5.56 Å². The summed E-state index contributed by atoms with van der Waals surface area (Å²) in [6.45, 7) is 0. The Kier molecular flexibility index (Phi) is 2.19. The van der Waals surface area contributed by atoms with Crippen LogP contribution in [-0.4, -0.2) is 15.1 Å². The van der Waals surface area contributed by atoms with E-state index in [0.29, 0.717) is 5.01 Å². The molecule has 1 heterocycles. The predicted octanol–water partition coefficient (Wildman–Crippen LogP) is 2.11. The van der Waals surface area contributed by atoms with Crippen molar-refractivity contribution >= 4 is 16.5 Å². The molecule has 2 rings (SSSR count). The summed E-state index contributed by atoms with van der Waals surface area (Å²) in [5.41, 5.74) is 0.845. The molecule has 5 nitrogen and oxygen atoms in total. The van der Waals surface area contributed by atoms with E-state index in [9.17, 15) is 10.1 Å². The van der Waals surface area contributed by atoms with Gasteiger partial charge in [-0.3, -0.25) is 0 Å². The summed E-state index contributed by atoms with van der Waals surface area (Å²) in [4.78, 5) is 9.82. The molecule has 0 aliphatic heterocycles. The van der Waals surface area contributed by atoms with Crippen molar-refractivity contribution in [3.63, 3.8) is 0 Å². The van der Waals surface area contributed by atoms with Gasteiger partial charge in [-0.2, -0.15) is 0 Å². The Morgan fingerprint density at radius 2 is 1.93 bits per heavy atom. The summed E-state index contributed by atoms with van der Waals surface area (Å²) in [5, 5.41) is 17.9. The lowest BCUT2D eigenvalue weighted by Crippen LogP contribution is -1.84. The molecule has 0 N–H and O–H groups in total. The first-order valence-electron chi connectivity index (χ1n) is 3.80. The number of aromatic nitrogens is 2. The third kappa shape index (κ3) is 1.60. The molecule has 0 amide bonds. The van der Waals surface area contributed by atoms with Crippen LogP contribution < -0.4 is 0 Å². The third-order valence-electron chi connectivity index (χ3n) is 1.59. The molecule has 1 aromatic carbocycles. The SMILES string of the molecule is O=[N+]([O-])c1nnc(-c2ccccc2)s1. The zero-order valence-electron chi connectivity index (χ0n) is 6.95. The smallest absolute Gasteiger partial charge is 0.357 e. The molecular formula is C8H5N3O2S. The minimum Gasteiger partial charge on any atom is -0.357 e. The van der Waals surface area contributed by atoms with Crippen LogP contribution in [0.3, 0.4) is 0 Å². The molecule has 0 bridgehead atoms. The lowest BCUT2D eigenvalue weighted by Gasteiger charge is -1.89. The van der Waals surface area contributed by atoms with Crippen molar-refractivity contribution in [3.05, 3.63) is 40.4 Å². The number of rotatable bonds is 2. The number of hydrogen-bond acceptors (Lipinski definition) is 5. The molecule has 0 saturated heterocycles. The largest absolute Gasteiger partial charge is 0.450 e. The highest BCUT2D eigenvalue weighted by molar-refractivity contribution is 7.17. The van der Waals surface area contributed by atoms with Gasteiger partial charge in [-0.15, -0.1) is 0 Å². The van der Waals surface area contributed by atoms with Crippen molar-refractivity contribution in [1.82, 2.24) is 10.2 Å². The highest BCUT2D eigenvalue weighted by Gasteiger charge is 2.15. The second-order valence-electron chi connectivity index (χ2n) is 2.51. The van der Waals surface area contributed by atoms with E-state index < -0.39 is 4.92 Å². The van der Waals surface area contributed by atoms with Crippen molar-refractivity contribution in [2.45, 2.75) is 0 Å². The number of nitro groups is 1. The molecule has 6 heteroatoms. The Morgan fingerprint density at radius 3 is 2.50 bits per heavy atom. The number of nitrogens with zero attached hydrogens (tertiary/aromatic N) is 3. The van der Waals surface area contributed by atoms with E-state index in [-0.39, 0.29) is 5.13 Å². The van der Waals surface area contributed by atoms with Crippen LogP contribution in [0, 0.1) is 10.1 Å². The molecule has 0 spiro atoms. The number of benzene rings is 1. The first-order valence-corrected chi connectivity index (χ1v) is 4.62. The van der Waals surface area contributed by atoms with Crippen molar-refractivity contribution in [2.24, 2.45) is 0 Å². The molecule has 0 unspecified atom stereocenters. The average Bonchev–Trinajstić information content (AvgIpc) is 2.68. The highest BCUT2D eigenvalue weighted by Crippen LogP contribution is 2.26. The van der Waals surface area contributed by atoms with Crippen LogP contribution in [0.2, 0.25) is 0 Å². The topological polar surface area (TPSA) is 68.9 Å². The highest BCUT2D eigenvalue weighted by atomic mass is 32.1. The van der Waals surface area contributed by atoms with E-state index in [2.05, 4.69) is 10.2 Å². The number of hydrogen-bond donors (Lipinski definition) is 0. The molecule has 2 aromatic rings. The summed E-state index contributed by atoms with van der Waals surface area (Å²) in [6.07, 6.45) is 0. The summed E-state index contributed by atoms with van der Waals surface area (Å²) < 4.78 is 0. The minimum atomic E-state index is -0.538. The van der Waals surface area contributed by atoms with Crippen LogP contribution >= 0.6 is 11.3 Å². The first-order chi connectivity index (χ1) is 6.77. The van der Waals surface area contributed by atoms with Crippen molar-refractivity contribution in [1.29, 1.82) is 0 Å². The first kappa shape index (κ1) is 8.76. The summed E-state index contributed by atoms with van der Waals surface area (Å²) in [5.74, 6) is 0. The quantitative estimate of drug-likeness (QED) is 0.558. The lowest BCUT2D eigenvalue weighted by atomic mass is 10.2. The van der Waals surface area contributed by atoms with Crippen LogP contribution in [0.1, 0.15) is 0 Å². The second kappa shape index (κ2) is 3.51. The Labute approximate surface area is 83.2 Å². The standard InChI is InChI=1S/C8H5N3O2S/c12-11(13)8-10-9-7(14-8)6-4-2-1-3-5-6/h1-5H. The maximum atomic E-state index is 10.4. The zero-order valence-corrected chi connectivity index (χ0v) is 7.77. The lowest BCUT2D eigenvalue weighted by molar-refractivity contribution is -0.385. The molecule has 0 atom stereocenters. The van der Waals surface area contributed by atoms with E-state index in [4.69, 9.17) is 0 Å². The summed E-state index contributed by atoms with van der Waals surface area (Å²) in [6, 6.07) is 9.25. The molecular weight excluding hydrogens is 202 g/mol. The van der Waals surface area contributed by atoms with Gasteiger partial charge in [-0.25, -0.2) is 0 Å². The van der Waals surface area contributed by atoms with Crippen molar-refractivity contribution < 1.29 is 4.92 Å². The Balaban J connectivity index is 2.39. The van der Waals surface area contributed by atoms with Crippen LogP contribution in [0.15, 0.2) is 30.3 Å². The van der Waals surface area contributed by atoms with Gasteiger partial charge in [0.25, 0.3) is 0 Å². The van der Waals surface area contributed by atoms with Gasteiger partial charge in [0.1, 0.15) is 0 Å². The van der Waals surface area contributed by atoms with E-state index in [1.165, 1.54) is 0 Å². The predicted molar refractivity (Wildman–Crippen MR) is 52.0 cm³/mol. The van der Waals surface area contributed by atoms with Crippen LogP contribution in [0.5, 0.6) is 0 Å². The fraction of sp³-hybridized carbons (Fsp3) is 0. The molecule has 0 fully saturated rings. The van der Waals surface area contributed by atoms with Gasteiger partial charge in [-0.1, -0.05) is 30.3 Å². The summed E-state index contributed by atoms with van der Waals surface area (Å²) in [7, 11) is 0. The summed E-state index contributed by atoms with van der Waals surface area (Å²) >= 11 is 0.973. The van der Waals surface area contributed by atoms with Crippen molar-refractivity contribution in [2.75, 3.05) is 0 Å². The average molecular weight is 207 g/mol. The van der Waals surface area contributed by atoms with E-state index >= 15 is 0 Å². The molecule has 0 saturated carbocycles. The third-order valence-corrected chi connectivity index (χ3v) is 2.52. The molecule has 14 heavy (non-hydrogen) atoms. The van der Waals surface area contributed by atoms with Gasteiger partial charge in [-0.05, 0) is 21.4 Å². The van der Waals surface area contributed by atoms with Gasteiger partial charge >= 0.3 is 5.13 Å². The van der Waals surface area contributed by atoms with Gasteiger partial charge in [0.15, 0.2) is 5.01 Å². The molecule has 1 aromatic heterocycles. The Bertz CT molecular complexity index is 455. The van der Waals surface area contributed by atoms with Crippen LogP contribution in [0.25, 0.3) is 10.6 Å². The van der Waals surface area contributed by atoms with E-state index in [0.717, 1.165) is 16.9 Å². The van der Waals surface area contributed by atoms with Gasteiger partial charge < -0.3 is 10.1 Å². The normalized spacial score (nSPS) is 10.0. The van der Waals surface area contributed by atoms with Crippen LogP contribution in [0.4, 0.5) is 5.13 Å². The van der Waals surface area contributed by atoms with E-state index in [1.54, 1.807) is 0 Å². The Hall–Kier alpha value is -1.82. The molecule has 0 aliphatic rings. The minimum absolute atomic E-state index is 0.177. The Morgan fingerprint density at radius 1 is 1.21 bits per heavy atom. The zero-order chi connectivity index (χ0) is 9.97. The fourth-order valence-corrected chi connectivity index (χ4v) is 1.65. The molecule has 70 valence electrons. The monoisotopic (exact) mass is 207 g/mol. The maximum absolute atomic E-state index is 10.4. The van der Waals surface area contributed by atoms with E-state index in [1.807, 2.05) is 30.3 Å². The molecule has 0 aliphatic carbocycles. The van der Waals surface area contributed by atoms with Crippen molar-refractivity contribution in [3.8, 4) is 10.6 Å². The van der Waals surface area contributed by atoms with Crippen LogP contribution in [-0.2, 0) is 0 Å². The van der Waals surface area contributed by atoms with Gasteiger partial charge in [0.05, 0.1) is 5.10 Å². The maximum Gasteiger partial charge on any atom is 0.450 e.